The van der Waals surface area contributed by atoms with E-state index < -0.39 is 0 Å². The SMILES string of the molecule is COCOc1ccc(CCC(=O)c2c(-c3ccccc3OCOC)cc(-c3ccccc3OCOC)c(CCC(C)C)c2O)cc1. The number of ketones is 1. The van der Waals surface area contributed by atoms with E-state index in [1.165, 1.54) is 0 Å². The Morgan fingerprint density at radius 3 is 1.78 bits per heavy atom. The van der Waals surface area contributed by atoms with Crippen molar-refractivity contribution in [2.24, 2.45) is 5.92 Å². The molecule has 46 heavy (non-hydrogen) atoms. The van der Waals surface area contributed by atoms with E-state index >= 15 is 0 Å². The zero-order valence-electron chi connectivity index (χ0n) is 27.3. The predicted octanol–water partition coefficient (Wildman–Crippen LogP) is 8.08. The molecule has 4 aromatic rings. The maximum absolute atomic E-state index is 14.2. The molecule has 0 saturated carbocycles. The van der Waals surface area contributed by atoms with Crippen molar-refractivity contribution >= 4 is 5.78 Å². The number of phenols is 1. The Hall–Kier alpha value is -4.37. The van der Waals surface area contributed by atoms with Crippen LogP contribution in [0.1, 0.15) is 48.2 Å². The molecule has 0 amide bonds. The molecule has 0 atom stereocenters. The molecule has 8 heteroatoms. The van der Waals surface area contributed by atoms with Gasteiger partial charge in [-0.05, 0) is 66.6 Å². The average Bonchev–Trinajstić information content (AvgIpc) is 3.07. The van der Waals surface area contributed by atoms with Crippen molar-refractivity contribution < 1.29 is 38.3 Å². The van der Waals surface area contributed by atoms with E-state index in [1.807, 2.05) is 78.9 Å². The van der Waals surface area contributed by atoms with Gasteiger partial charge in [0, 0.05) is 50.0 Å². The van der Waals surface area contributed by atoms with Gasteiger partial charge < -0.3 is 33.5 Å². The molecular formula is C38H44O8. The van der Waals surface area contributed by atoms with Gasteiger partial charge in [0.05, 0.1) is 5.56 Å². The van der Waals surface area contributed by atoms with Crippen molar-refractivity contribution in [2.45, 2.75) is 39.5 Å². The average molecular weight is 629 g/mol. The van der Waals surface area contributed by atoms with Gasteiger partial charge in [-0.2, -0.15) is 0 Å². The maximum atomic E-state index is 14.2. The molecule has 4 rings (SSSR count). The monoisotopic (exact) mass is 628 g/mol. The van der Waals surface area contributed by atoms with Crippen molar-refractivity contribution in [2.75, 3.05) is 41.7 Å². The molecule has 0 aromatic heterocycles. The van der Waals surface area contributed by atoms with Crippen LogP contribution in [0.25, 0.3) is 22.3 Å². The number of benzene rings is 4. The third-order valence-electron chi connectivity index (χ3n) is 7.58. The summed E-state index contributed by atoms with van der Waals surface area (Å²) in [6.07, 6.45) is 2.07. The zero-order valence-corrected chi connectivity index (χ0v) is 27.3. The smallest absolute Gasteiger partial charge is 0.188 e. The lowest BCUT2D eigenvalue weighted by Gasteiger charge is -2.22. The fourth-order valence-corrected chi connectivity index (χ4v) is 5.27. The maximum Gasteiger partial charge on any atom is 0.188 e. The number of aryl methyl sites for hydroxylation is 1. The molecule has 0 heterocycles. The van der Waals surface area contributed by atoms with Crippen LogP contribution in [0.2, 0.25) is 0 Å². The first-order valence-electron chi connectivity index (χ1n) is 15.4. The lowest BCUT2D eigenvalue weighted by molar-refractivity contribution is 0.0510. The summed E-state index contributed by atoms with van der Waals surface area (Å²) in [6, 6.07) is 24.7. The van der Waals surface area contributed by atoms with Crippen LogP contribution in [-0.4, -0.2) is 52.6 Å². The Morgan fingerprint density at radius 2 is 1.22 bits per heavy atom. The minimum Gasteiger partial charge on any atom is -0.507 e. The first-order chi connectivity index (χ1) is 22.4. The number of hydrogen-bond donors (Lipinski definition) is 1. The Labute approximate surface area is 271 Å². The number of hydrogen-bond acceptors (Lipinski definition) is 8. The number of rotatable bonds is 18. The fraction of sp³-hybridized carbons (Fsp3) is 0.342. The third kappa shape index (κ3) is 8.88. The number of ether oxygens (including phenoxy) is 6. The highest BCUT2D eigenvalue weighted by Crippen LogP contribution is 2.45. The van der Waals surface area contributed by atoms with E-state index in [0.29, 0.717) is 52.7 Å². The number of aromatic hydroxyl groups is 1. The minimum atomic E-state index is -0.171. The van der Waals surface area contributed by atoms with Gasteiger partial charge in [0.2, 0.25) is 0 Å². The molecule has 8 nitrogen and oxygen atoms in total. The van der Waals surface area contributed by atoms with E-state index in [-0.39, 0.29) is 43.9 Å². The molecule has 0 aliphatic heterocycles. The number of methoxy groups -OCH3 is 3. The van der Waals surface area contributed by atoms with Gasteiger partial charge in [-0.3, -0.25) is 4.79 Å². The summed E-state index contributed by atoms with van der Waals surface area (Å²) in [4.78, 5) is 14.2. The standard InChI is InChI=1S/C38H44O8/c1-26(2)14-20-31-32(29-10-6-8-12-35(29)45-24-42-4)22-33(30-11-7-9-13-36(30)46-25-43-5)37(38(31)40)34(39)21-17-27-15-18-28(19-16-27)44-23-41-3/h6-13,15-16,18-19,22,26,40H,14,17,20-21,23-25H2,1-5H3. The van der Waals surface area contributed by atoms with Gasteiger partial charge >= 0.3 is 0 Å². The van der Waals surface area contributed by atoms with Gasteiger partial charge in [0.15, 0.2) is 26.2 Å². The highest BCUT2D eigenvalue weighted by molar-refractivity contribution is 6.07. The number of carbonyl (C=O) groups excluding carboxylic acids is 1. The molecule has 4 aromatic carbocycles. The first-order valence-corrected chi connectivity index (χ1v) is 15.4. The summed E-state index contributed by atoms with van der Waals surface area (Å²) in [5, 5.41) is 12.1. The van der Waals surface area contributed by atoms with Gasteiger partial charge in [0.1, 0.15) is 23.0 Å². The van der Waals surface area contributed by atoms with E-state index in [0.717, 1.165) is 23.1 Å². The normalized spacial score (nSPS) is 11.1. The van der Waals surface area contributed by atoms with E-state index in [9.17, 15) is 9.90 Å². The molecule has 0 fully saturated rings. The quantitative estimate of drug-likeness (QED) is 0.0874. The molecule has 0 aliphatic rings. The van der Waals surface area contributed by atoms with E-state index in [2.05, 4.69) is 13.8 Å². The summed E-state index contributed by atoms with van der Waals surface area (Å²) < 4.78 is 32.7. The summed E-state index contributed by atoms with van der Waals surface area (Å²) >= 11 is 0. The van der Waals surface area contributed by atoms with Crippen LogP contribution < -0.4 is 14.2 Å². The molecular weight excluding hydrogens is 584 g/mol. The second kappa shape index (κ2) is 17.4. The Kier molecular flexibility index (Phi) is 13.0. The number of carbonyl (C=O) groups is 1. The second-order valence-corrected chi connectivity index (χ2v) is 11.3. The van der Waals surface area contributed by atoms with Crippen molar-refractivity contribution in [1.29, 1.82) is 0 Å². The highest BCUT2D eigenvalue weighted by atomic mass is 16.7. The predicted molar refractivity (Wildman–Crippen MR) is 179 cm³/mol. The molecule has 0 radical (unpaired) electrons. The molecule has 0 saturated heterocycles. The minimum absolute atomic E-state index is 0.0236. The van der Waals surface area contributed by atoms with Crippen LogP contribution in [0.15, 0.2) is 78.9 Å². The lowest BCUT2D eigenvalue weighted by Crippen LogP contribution is -2.09. The summed E-state index contributed by atoms with van der Waals surface area (Å²) in [5.41, 5.74) is 4.76. The number of phenolic OH excluding ortho intramolecular Hbond substituents is 1. The Balaban J connectivity index is 1.86. The summed E-state index contributed by atoms with van der Waals surface area (Å²) in [7, 11) is 4.69. The van der Waals surface area contributed by atoms with Crippen LogP contribution in [0.4, 0.5) is 0 Å². The van der Waals surface area contributed by atoms with Gasteiger partial charge in [0.25, 0.3) is 0 Å². The number of para-hydroxylation sites is 2. The van der Waals surface area contributed by atoms with Crippen LogP contribution in [0, 0.1) is 5.92 Å². The first kappa shape index (κ1) is 34.5. The molecule has 0 aliphatic carbocycles. The second-order valence-electron chi connectivity index (χ2n) is 11.3. The van der Waals surface area contributed by atoms with Gasteiger partial charge in [-0.1, -0.05) is 62.4 Å². The Bertz CT molecular complexity index is 1560. The lowest BCUT2D eigenvalue weighted by atomic mass is 9.84. The van der Waals surface area contributed by atoms with Crippen molar-refractivity contribution in [1.82, 2.24) is 0 Å². The molecule has 244 valence electrons. The molecule has 1 N–H and O–H groups in total. The van der Waals surface area contributed by atoms with E-state index in [1.54, 1.807) is 21.3 Å². The van der Waals surface area contributed by atoms with Crippen LogP contribution in [0.3, 0.4) is 0 Å². The van der Waals surface area contributed by atoms with Crippen LogP contribution in [0.5, 0.6) is 23.0 Å². The van der Waals surface area contributed by atoms with Gasteiger partial charge in [-0.25, -0.2) is 0 Å². The van der Waals surface area contributed by atoms with Crippen molar-refractivity contribution in [3.05, 3.63) is 95.6 Å². The summed E-state index contributed by atoms with van der Waals surface area (Å²) in [5.74, 6) is 2.02. The third-order valence-corrected chi connectivity index (χ3v) is 7.58. The topological polar surface area (TPSA) is 92.7 Å². The van der Waals surface area contributed by atoms with Crippen LogP contribution >= 0.6 is 0 Å². The van der Waals surface area contributed by atoms with Gasteiger partial charge in [-0.15, -0.1) is 0 Å². The number of Topliss-reactive ketones (excluding diaryl/α,β-unsaturated/α-hetero) is 1. The Morgan fingerprint density at radius 1 is 0.674 bits per heavy atom. The molecule has 0 bridgehead atoms. The summed E-state index contributed by atoms with van der Waals surface area (Å²) in [6.45, 7) is 4.54. The zero-order chi connectivity index (χ0) is 32.9. The van der Waals surface area contributed by atoms with E-state index in [4.69, 9.17) is 28.4 Å². The molecule has 0 spiro atoms. The molecule has 0 unspecified atom stereocenters. The largest absolute Gasteiger partial charge is 0.507 e. The fourth-order valence-electron chi connectivity index (χ4n) is 5.27. The van der Waals surface area contributed by atoms with Crippen molar-refractivity contribution in [3.63, 3.8) is 0 Å². The van der Waals surface area contributed by atoms with Crippen LogP contribution in [-0.2, 0) is 27.1 Å². The van der Waals surface area contributed by atoms with Crippen molar-refractivity contribution in [3.8, 4) is 45.3 Å². The highest BCUT2D eigenvalue weighted by Gasteiger charge is 2.26.